The van der Waals surface area contributed by atoms with Gasteiger partial charge in [-0.2, -0.15) is 0 Å². The molecule has 1 aromatic heterocycles. The van der Waals surface area contributed by atoms with E-state index in [2.05, 4.69) is 6.92 Å². The van der Waals surface area contributed by atoms with Crippen molar-refractivity contribution in [2.24, 2.45) is 0 Å². The first-order valence-corrected chi connectivity index (χ1v) is 7.40. The number of aliphatic hydroxyl groups excluding tert-OH is 1. The maximum atomic E-state index is 10.4. The Hall–Kier alpha value is -1.28. The van der Waals surface area contributed by atoms with Crippen LogP contribution in [-0.2, 0) is 0 Å². The van der Waals surface area contributed by atoms with Gasteiger partial charge in [-0.25, -0.2) is 0 Å². The zero-order chi connectivity index (χ0) is 13.7. The molecule has 2 nitrogen and oxygen atoms in total. The van der Waals surface area contributed by atoms with Crippen molar-refractivity contribution in [2.45, 2.75) is 58.5 Å². The van der Waals surface area contributed by atoms with Crippen LogP contribution in [0.4, 0.5) is 0 Å². The zero-order valence-corrected chi connectivity index (χ0v) is 12.0. The van der Waals surface area contributed by atoms with Gasteiger partial charge in [0.2, 0.25) is 0 Å². The fourth-order valence-corrected chi connectivity index (χ4v) is 2.69. The molecule has 19 heavy (non-hydrogen) atoms. The fourth-order valence-electron chi connectivity index (χ4n) is 2.69. The zero-order valence-electron chi connectivity index (χ0n) is 12.0. The van der Waals surface area contributed by atoms with Crippen LogP contribution in [0.2, 0.25) is 0 Å². The number of hydrogen-bond donors (Lipinski definition) is 1. The van der Waals surface area contributed by atoms with E-state index in [1.54, 1.807) is 0 Å². The number of furan rings is 1. The molecular formula is C17H24O2. The Kier molecular flexibility index (Phi) is 5.03. The van der Waals surface area contributed by atoms with E-state index < -0.39 is 6.10 Å². The highest BCUT2D eigenvalue weighted by molar-refractivity contribution is 5.82. The molecule has 0 radical (unpaired) electrons. The Balaban J connectivity index is 2.00. The summed E-state index contributed by atoms with van der Waals surface area (Å²) >= 11 is 0. The molecule has 2 rings (SSSR count). The molecule has 1 unspecified atom stereocenters. The largest absolute Gasteiger partial charge is 0.461 e. The minimum atomic E-state index is -0.398. The molecule has 0 aliphatic rings. The van der Waals surface area contributed by atoms with Gasteiger partial charge in [0.1, 0.15) is 11.3 Å². The SMILES string of the molecule is CCCCCCCC(O)c1c(C)oc2ccccc12. The summed E-state index contributed by atoms with van der Waals surface area (Å²) < 4.78 is 5.71. The Labute approximate surface area is 115 Å². The third-order valence-corrected chi connectivity index (χ3v) is 3.73. The highest BCUT2D eigenvalue weighted by Gasteiger charge is 2.17. The first-order chi connectivity index (χ1) is 9.24. The first kappa shape index (κ1) is 14.1. The molecular weight excluding hydrogens is 236 g/mol. The Morgan fingerprint density at radius 1 is 1.11 bits per heavy atom. The van der Waals surface area contributed by atoms with Gasteiger partial charge >= 0.3 is 0 Å². The number of aryl methyl sites for hydroxylation is 1. The van der Waals surface area contributed by atoms with Crippen LogP contribution in [0.3, 0.4) is 0 Å². The average Bonchev–Trinajstić information content (AvgIpc) is 2.74. The normalized spacial score (nSPS) is 13.0. The van der Waals surface area contributed by atoms with E-state index in [1.807, 2.05) is 31.2 Å². The van der Waals surface area contributed by atoms with Crippen LogP contribution in [0.15, 0.2) is 28.7 Å². The molecule has 0 amide bonds. The molecule has 1 N–H and O–H groups in total. The number of para-hydroxylation sites is 1. The highest BCUT2D eigenvalue weighted by atomic mass is 16.3. The van der Waals surface area contributed by atoms with Gasteiger partial charge in [-0.1, -0.05) is 57.2 Å². The maximum absolute atomic E-state index is 10.4. The lowest BCUT2D eigenvalue weighted by Gasteiger charge is -2.10. The molecule has 0 aliphatic carbocycles. The van der Waals surface area contributed by atoms with Crippen molar-refractivity contribution in [3.63, 3.8) is 0 Å². The number of rotatable bonds is 7. The van der Waals surface area contributed by atoms with E-state index in [0.717, 1.165) is 35.1 Å². The van der Waals surface area contributed by atoms with Gasteiger partial charge in [0.05, 0.1) is 6.10 Å². The number of benzene rings is 1. The van der Waals surface area contributed by atoms with Crippen molar-refractivity contribution in [1.82, 2.24) is 0 Å². The van der Waals surface area contributed by atoms with Crippen LogP contribution in [-0.4, -0.2) is 5.11 Å². The number of fused-ring (bicyclic) bond motifs is 1. The summed E-state index contributed by atoms with van der Waals surface area (Å²) in [6.07, 6.45) is 6.55. The standard InChI is InChI=1S/C17H24O2/c1-3-4-5-6-7-11-15(18)17-13(2)19-16-12-9-8-10-14(16)17/h8-10,12,15,18H,3-7,11H2,1-2H3. The molecule has 0 fully saturated rings. The summed E-state index contributed by atoms with van der Waals surface area (Å²) in [7, 11) is 0. The van der Waals surface area contributed by atoms with Gasteiger partial charge in [0.25, 0.3) is 0 Å². The van der Waals surface area contributed by atoms with E-state index in [4.69, 9.17) is 4.42 Å². The van der Waals surface area contributed by atoms with Crippen LogP contribution >= 0.6 is 0 Å². The lowest BCUT2D eigenvalue weighted by Crippen LogP contribution is -1.98. The average molecular weight is 260 g/mol. The summed E-state index contributed by atoms with van der Waals surface area (Å²) in [4.78, 5) is 0. The molecule has 0 saturated heterocycles. The minimum Gasteiger partial charge on any atom is -0.461 e. The smallest absolute Gasteiger partial charge is 0.134 e. The van der Waals surface area contributed by atoms with Gasteiger partial charge < -0.3 is 9.52 Å². The van der Waals surface area contributed by atoms with Crippen LogP contribution in [0.25, 0.3) is 11.0 Å². The van der Waals surface area contributed by atoms with E-state index >= 15 is 0 Å². The Bertz CT molecular complexity index is 513. The second-order valence-electron chi connectivity index (χ2n) is 5.29. The van der Waals surface area contributed by atoms with Crippen LogP contribution in [0, 0.1) is 6.92 Å². The van der Waals surface area contributed by atoms with Crippen molar-refractivity contribution in [3.05, 3.63) is 35.6 Å². The molecule has 1 aromatic carbocycles. The van der Waals surface area contributed by atoms with Gasteiger partial charge in [-0.15, -0.1) is 0 Å². The summed E-state index contributed by atoms with van der Waals surface area (Å²) in [5.41, 5.74) is 1.85. The predicted octanol–water partition coefficient (Wildman–Crippen LogP) is 5.14. The molecule has 0 aliphatic heterocycles. The lowest BCUT2D eigenvalue weighted by atomic mass is 10.00. The molecule has 1 atom stereocenters. The van der Waals surface area contributed by atoms with Crippen molar-refractivity contribution < 1.29 is 9.52 Å². The van der Waals surface area contributed by atoms with E-state index in [-0.39, 0.29) is 0 Å². The number of unbranched alkanes of at least 4 members (excludes halogenated alkanes) is 4. The predicted molar refractivity (Wildman–Crippen MR) is 79.3 cm³/mol. The summed E-state index contributed by atoms with van der Waals surface area (Å²) in [6, 6.07) is 7.95. The van der Waals surface area contributed by atoms with Crippen molar-refractivity contribution in [2.75, 3.05) is 0 Å². The second kappa shape index (κ2) is 6.76. The first-order valence-electron chi connectivity index (χ1n) is 7.40. The molecule has 0 bridgehead atoms. The van der Waals surface area contributed by atoms with Gasteiger partial charge in [-0.05, 0) is 19.4 Å². The van der Waals surface area contributed by atoms with Crippen LogP contribution in [0.1, 0.15) is 62.9 Å². The highest BCUT2D eigenvalue weighted by Crippen LogP contribution is 2.32. The van der Waals surface area contributed by atoms with Gasteiger partial charge in [0.15, 0.2) is 0 Å². The van der Waals surface area contributed by atoms with Gasteiger partial charge in [0, 0.05) is 10.9 Å². The molecule has 104 valence electrons. The molecule has 0 spiro atoms. The summed E-state index contributed by atoms with van der Waals surface area (Å²) in [5, 5.41) is 11.4. The van der Waals surface area contributed by atoms with Gasteiger partial charge in [-0.3, -0.25) is 0 Å². The summed E-state index contributed by atoms with van der Waals surface area (Å²) in [6.45, 7) is 4.16. The van der Waals surface area contributed by atoms with Crippen molar-refractivity contribution in [1.29, 1.82) is 0 Å². The van der Waals surface area contributed by atoms with Crippen LogP contribution < -0.4 is 0 Å². The number of aliphatic hydroxyl groups is 1. The van der Waals surface area contributed by atoms with E-state index in [9.17, 15) is 5.11 Å². The molecule has 0 saturated carbocycles. The monoisotopic (exact) mass is 260 g/mol. The topological polar surface area (TPSA) is 33.4 Å². The molecule has 1 heterocycles. The van der Waals surface area contributed by atoms with Crippen molar-refractivity contribution in [3.8, 4) is 0 Å². The maximum Gasteiger partial charge on any atom is 0.134 e. The fraction of sp³-hybridized carbons (Fsp3) is 0.529. The molecule has 2 heteroatoms. The van der Waals surface area contributed by atoms with Crippen LogP contribution in [0.5, 0.6) is 0 Å². The number of hydrogen-bond acceptors (Lipinski definition) is 2. The minimum absolute atomic E-state index is 0.398. The third-order valence-electron chi connectivity index (χ3n) is 3.73. The second-order valence-corrected chi connectivity index (χ2v) is 5.29. The Morgan fingerprint density at radius 2 is 1.84 bits per heavy atom. The van der Waals surface area contributed by atoms with E-state index in [1.165, 1.54) is 25.7 Å². The summed E-state index contributed by atoms with van der Waals surface area (Å²) in [5.74, 6) is 0.849. The lowest BCUT2D eigenvalue weighted by molar-refractivity contribution is 0.162. The molecule has 2 aromatic rings. The Morgan fingerprint density at radius 3 is 2.63 bits per heavy atom. The quantitative estimate of drug-likeness (QED) is 0.700. The van der Waals surface area contributed by atoms with Crippen molar-refractivity contribution >= 4 is 11.0 Å². The third kappa shape index (κ3) is 3.38. The van der Waals surface area contributed by atoms with E-state index in [0.29, 0.717) is 0 Å².